The molecule has 0 radical (unpaired) electrons. The van der Waals surface area contributed by atoms with Gasteiger partial charge in [0.05, 0.1) is 5.25 Å². The second-order valence-electron chi connectivity index (χ2n) is 8.64. The Morgan fingerprint density at radius 2 is 1.68 bits per heavy atom. The normalized spacial score (nSPS) is 22.0. The van der Waals surface area contributed by atoms with Crippen LogP contribution in [0.25, 0.3) is 10.5 Å². The first kappa shape index (κ1) is 19.2. The van der Waals surface area contributed by atoms with Crippen molar-refractivity contribution in [3.8, 4) is 5.75 Å². The maximum atomic E-state index is 6.08. The van der Waals surface area contributed by atoms with Crippen LogP contribution in [0.1, 0.15) is 24.8 Å². The van der Waals surface area contributed by atoms with Crippen molar-refractivity contribution in [2.45, 2.75) is 24.5 Å². The highest BCUT2D eigenvalue weighted by Crippen LogP contribution is 2.50. The Morgan fingerprint density at radius 1 is 0.871 bits per heavy atom. The summed E-state index contributed by atoms with van der Waals surface area (Å²) < 4.78 is 6.08. The fraction of sp³-hybridized carbons (Fsp3) is 0.286. The van der Waals surface area contributed by atoms with Crippen molar-refractivity contribution in [1.82, 2.24) is 4.90 Å². The molecular weight excluding hydrogens is 398 g/mol. The molecule has 3 heteroatoms. The number of hydrogen-bond donors (Lipinski definition) is 0. The SMILES string of the molecule is C1=CC2=C3C(=c4ccccc4=C3c3ccc(OCCN4CCCCC4)cc3)SC2C=C1. The van der Waals surface area contributed by atoms with Gasteiger partial charge in [-0.3, -0.25) is 4.90 Å². The Hall–Kier alpha value is -2.49. The molecule has 0 N–H and O–H groups in total. The number of piperidine rings is 1. The van der Waals surface area contributed by atoms with Crippen molar-refractivity contribution in [1.29, 1.82) is 0 Å². The molecule has 1 unspecified atom stereocenters. The molecular formula is C28H27NOS. The number of allylic oxidation sites excluding steroid dienone is 3. The lowest BCUT2D eigenvalue weighted by Gasteiger charge is -2.26. The molecule has 2 aliphatic carbocycles. The van der Waals surface area contributed by atoms with E-state index in [-0.39, 0.29) is 0 Å². The summed E-state index contributed by atoms with van der Waals surface area (Å²) in [5.74, 6) is 0.966. The molecule has 1 atom stereocenters. The highest BCUT2D eigenvalue weighted by Gasteiger charge is 2.34. The molecule has 0 spiro atoms. The standard InChI is InChI=1S/C28H27NOS/c1-6-16-29(17-7-1)18-19-30-21-14-12-20(13-15-21)26-22-8-2-3-9-23(22)28-27(26)24-10-4-5-11-25(24)31-28/h2-5,8-15,25H,1,6-7,16-19H2. The highest BCUT2D eigenvalue weighted by molar-refractivity contribution is 8.09. The van der Waals surface area contributed by atoms with E-state index in [0.717, 1.165) is 18.9 Å². The minimum atomic E-state index is 0.441. The van der Waals surface area contributed by atoms with Crippen LogP contribution in [-0.2, 0) is 0 Å². The van der Waals surface area contributed by atoms with Crippen LogP contribution in [0, 0.1) is 0 Å². The number of hydrogen-bond acceptors (Lipinski definition) is 3. The molecule has 1 fully saturated rings. The second-order valence-corrected chi connectivity index (χ2v) is 9.79. The van der Waals surface area contributed by atoms with Gasteiger partial charge in [0.2, 0.25) is 0 Å². The lowest BCUT2D eigenvalue weighted by Crippen LogP contribution is -2.33. The first-order chi connectivity index (χ1) is 15.4. The van der Waals surface area contributed by atoms with E-state index in [1.54, 1.807) is 0 Å². The predicted octanol–water partition coefficient (Wildman–Crippen LogP) is 4.41. The summed E-state index contributed by atoms with van der Waals surface area (Å²) in [4.78, 5) is 3.96. The molecule has 2 aromatic rings. The van der Waals surface area contributed by atoms with E-state index in [9.17, 15) is 0 Å². The van der Waals surface area contributed by atoms with Gasteiger partial charge in [-0.2, -0.15) is 0 Å². The Balaban J connectivity index is 1.29. The molecule has 2 heterocycles. The van der Waals surface area contributed by atoms with Crippen molar-refractivity contribution in [2.24, 2.45) is 0 Å². The van der Waals surface area contributed by atoms with E-state index >= 15 is 0 Å². The van der Waals surface area contributed by atoms with Gasteiger partial charge < -0.3 is 4.74 Å². The third-order valence-corrected chi connectivity index (χ3v) is 8.02. The smallest absolute Gasteiger partial charge is 0.119 e. The molecule has 4 aliphatic rings. The number of nitrogens with zero attached hydrogens (tertiary/aromatic N) is 1. The van der Waals surface area contributed by atoms with E-state index in [4.69, 9.17) is 4.74 Å². The Kier molecular flexibility index (Phi) is 5.09. The molecule has 0 amide bonds. The molecule has 2 nitrogen and oxygen atoms in total. The van der Waals surface area contributed by atoms with Crippen LogP contribution >= 0.6 is 11.8 Å². The zero-order valence-corrected chi connectivity index (χ0v) is 18.5. The second kappa shape index (κ2) is 8.22. The van der Waals surface area contributed by atoms with Gasteiger partial charge in [-0.1, -0.05) is 67.1 Å². The molecule has 6 rings (SSSR count). The molecule has 31 heavy (non-hydrogen) atoms. The summed E-state index contributed by atoms with van der Waals surface area (Å²) in [7, 11) is 0. The van der Waals surface area contributed by atoms with E-state index in [2.05, 4.69) is 77.7 Å². The van der Waals surface area contributed by atoms with Gasteiger partial charge in [-0.25, -0.2) is 0 Å². The van der Waals surface area contributed by atoms with Gasteiger partial charge in [0.25, 0.3) is 0 Å². The summed E-state index contributed by atoms with van der Waals surface area (Å²) in [6.45, 7) is 4.23. The number of thioether (sulfide) groups is 1. The summed E-state index contributed by atoms with van der Waals surface area (Å²) >= 11 is 1.99. The summed E-state index contributed by atoms with van der Waals surface area (Å²) in [5.41, 5.74) is 5.51. The maximum absolute atomic E-state index is 6.08. The zero-order chi connectivity index (χ0) is 20.6. The molecule has 1 saturated heterocycles. The largest absolute Gasteiger partial charge is 0.492 e. The van der Waals surface area contributed by atoms with Gasteiger partial charge in [-0.15, -0.1) is 11.8 Å². The van der Waals surface area contributed by atoms with Crippen LogP contribution in [-0.4, -0.2) is 36.4 Å². The topological polar surface area (TPSA) is 12.5 Å². The van der Waals surface area contributed by atoms with Gasteiger partial charge in [0.15, 0.2) is 0 Å². The number of ether oxygens (including phenoxy) is 1. The van der Waals surface area contributed by atoms with Crippen molar-refractivity contribution in [2.75, 3.05) is 26.2 Å². The van der Waals surface area contributed by atoms with Crippen LogP contribution < -0.4 is 15.2 Å². The summed E-state index contributed by atoms with van der Waals surface area (Å²) in [6, 6.07) is 17.6. The van der Waals surface area contributed by atoms with Gasteiger partial charge >= 0.3 is 0 Å². The third-order valence-electron chi connectivity index (χ3n) is 6.70. The number of fused-ring (bicyclic) bond motifs is 3. The first-order valence-corrected chi connectivity index (χ1v) is 12.3. The highest BCUT2D eigenvalue weighted by atomic mass is 32.2. The first-order valence-electron chi connectivity index (χ1n) is 11.4. The van der Waals surface area contributed by atoms with E-state index in [1.807, 2.05) is 11.8 Å². The Bertz CT molecular complexity index is 1210. The van der Waals surface area contributed by atoms with Crippen molar-refractivity contribution < 1.29 is 4.74 Å². The zero-order valence-electron chi connectivity index (χ0n) is 17.7. The average molecular weight is 426 g/mol. The van der Waals surface area contributed by atoms with E-state index in [0.29, 0.717) is 5.25 Å². The molecule has 0 bridgehead atoms. The maximum Gasteiger partial charge on any atom is 0.119 e. The fourth-order valence-electron chi connectivity index (χ4n) is 5.15. The number of benzene rings is 2. The van der Waals surface area contributed by atoms with E-state index < -0.39 is 0 Å². The Morgan fingerprint density at radius 3 is 2.52 bits per heavy atom. The summed E-state index contributed by atoms with van der Waals surface area (Å²) in [6.07, 6.45) is 13.0. The molecule has 2 aliphatic heterocycles. The fourth-order valence-corrected chi connectivity index (χ4v) is 6.54. The average Bonchev–Trinajstić information content (AvgIpc) is 3.35. The van der Waals surface area contributed by atoms with Gasteiger partial charge in [0.1, 0.15) is 12.4 Å². The van der Waals surface area contributed by atoms with Crippen molar-refractivity contribution >= 4 is 22.2 Å². The van der Waals surface area contributed by atoms with Crippen LogP contribution in [0.4, 0.5) is 0 Å². The minimum Gasteiger partial charge on any atom is -0.492 e. The minimum absolute atomic E-state index is 0.441. The monoisotopic (exact) mass is 425 g/mol. The van der Waals surface area contributed by atoms with Gasteiger partial charge in [-0.05, 0) is 65.2 Å². The lowest BCUT2D eigenvalue weighted by atomic mass is 9.92. The number of rotatable bonds is 5. The third kappa shape index (κ3) is 3.50. The number of likely N-dealkylation sites (tertiary alicyclic amines) is 1. The Labute approximate surface area is 188 Å². The van der Waals surface area contributed by atoms with Crippen LogP contribution in [0.15, 0.2) is 84.0 Å². The quantitative estimate of drug-likeness (QED) is 0.704. The molecule has 2 aromatic carbocycles. The van der Waals surface area contributed by atoms with E-state index in [1.165, 1.54) is 70.0 Å². The van der Waals surface area contributed by atoms with Crippen molar-refractivity contribution in [3.63, 3.8) is 0 Å². The summed E-state index contributed by atoms with van der Waals surface area (Å²) in [5, 5.41) is 3.17. The molecule has 0 aromatic heterocycles. The van der Waals surface area contributed by atoms with Crippen molar-refractivity contribution in [3.05, 3.63) is 100.0 Å². The predicted molar refractivity (Wildman–Crippen MR) is 131 cm³/mol. The van der Waals surface area contributed by atoms with Crippen LogP contribution in [0.2, 0.25) is 0 Å². The van der Waals surface area contributed by atoms with Crippen LogP contribution in [0.5, 0.6) is 5.75 Å². The van der Waals surface area contributed by atoms with Gasteiger partial charge in [0, 0.05) is 17.0 Å². The molecule has 0 saturated carbocycles. The van der Waals surface area contributed by atoms with Crippen LogP contribution in [0.3, 0.4) is 0 Å². The lowest BCUT2D eigenvalue weighted by molar-refractivity contribution is 0.183. The molecule has 156 valence electrons.